The quantitative estimate of drug-likeness (QED) is 0.118. The summed E-state index contributed by atoms with van der Waals surface area (Å²) in [5.74, 6) is 0.0673. The number of aromatic amines is 1. The van der Waals surface area contributed by atoms with E-state index in [4.69, 9.17) is 42.6 Å². The summed E-state index contributed by atoms with van der Waals surface area (Å²) < 4.78 is 14.4. The fourth-order valence-corrected chi connectivity index (χ4v) is 8.90. The van der Waals surface area contributed by atoms with E-state index in [2.05, 4.69) is 16.5 Å². The summed E-state index contributed by atoms with van der Waals surface area (Å²) >= 11 is 13.6. The summed E-state index contributed by atoms with van der Waals surface area (Å²) in [4.78, 5) is 41.9. The van der Waals surface area contributed by atoms with Crippen LogP contribution in [0.1, 0.15) is 85.4 Å². The SMILES string of the molecule is Cc1cc(N2C[C@@H](C)n3c(c(CCCOc4cc(C)c(Cl)c(C)c4)c4ccc(Cl)c(-c5c(C)nc(COCc6ccccc6)nc5C)c43)C2=O)c2[nH]c(C(=O)O)cc2c1. The van der Waals surface area contributed by atoms with E-state index in [0.717, 1.165) is 77.4 Å². The number of benzene rings is 4. The second kappa shape index (κ2) is 16.2. The minimum atomic E-state index is -1.07. The van der Waals surface area contributed by atoms with Gasteiger partial charge in [-0.3, -0.25) is 4.79 Å². The standard InChI is InChI=1S/C47H45Cl2N5O5/c1-25-17-32-21-37(47(56)57)52-43(32)38(18-25)53-22-28(4)54-44-35(34(45(54)46(53)55)13-10-16-59-33-19-26(2)42(49)27(3)20-33)14-15-36(48)41(44)40-29(5)50-39(51-30(40)6)24-58-23-31-11-8-7-9-12-31/h7-9,11-12,14-15,17-21,28,52H,10,13,16,22-24H2,1-6H3,(H,56,57)/t28-/m1/s1. The zero-order chi connectivity index (χ0) is 41.7. The first-order valence-corrected chi connectivity index (χ1v) is 20.5. The molecule has 0 aliphatic carbocycles. The minimum absolute atomic E-state index is 0.0613. The Morgan fingerprint density at radius 2 is 1.63 bits per heavy atom. The van der Waals surface area contributed by atoms with Crippen molar-refractivity contribution in [1.82, 2.24) is 19.5 Å². The second-order valence-corrected chi connectivity index (χ2v) is 16.3. The lowest BCUT2D eigenvalue weighted by atomic mass is 9.97. The second-order valence-electron chi connectivity index (χ2n) is 15.5. The Hall–Kier alpha value is -5.68. The van der Waals surface area contributed by atoms with Crippen LogP contribution in [0.4, 0.5) is 5.69 Å². The van der Waals surface area contributed by atoms with Gasteiger partial charge in [0.15, 0.2) is 5.82 Å². The van der Waals surface area contributed by atoms with Crippen molar-refractivity contribution in [3.05, 3.63) is 139 Å². The van der Waals surface area contributed by atoms with E-state index < -0.39 is 5.97 Å². The molecular weight excluding hydrogens is 785 g/mol. The molecule has 7 aromatic rings. The number of nitrogens with one attached hydrogen (secondary N) is 1. The van der Waals surface area contributed by atoms with E-state index in [-0.39, 0.29) is 24.2 Å². The van der Waals surface area contributed by atoms with E-state index in [1.165, 1.54) is 0 Å². The van der Waals surface area contributed by atoms with Gasteiger partial charge in [-0.05, 0) is 119 Å². The Morgan fingerprint density at radius 1 is 0.915 bits per heavy atom. The number of carboxylic acid groups (broad SMARTS) is 1. The van der Waals surface area contributed by atoms with Crippen molar-refractivity contribution in [2.75, 3.05) is 18.1 Å². The molecule has 59 heavy (non-hydrogen) atoms. The van der Waals surface area contributed by atoms with Crippen molar-refractivity contribution >= 4 is 62.6 Å². The van der Waals surface area contributed by atoms with Crippen molar-refractivity contribution in [1.29, 1.82) is 0 Å². The van der Waals surface area contributed by atoms with E-state index in [0.29, 0.717) is 60.3 Å². The van der Waals surface area contributed by atoms with Crippen LogP contribution in [0.3, 0.4) is 0 Å². The highest BCUT2D eigenvalue weighted by molar-refractivity contribution is 6.35. The third kappa shape index (κ3) is 7.57. The smallest absolute Gasteiger partial charge is 0.352 e. The molecule has 0 saturated heterocycles. The van der Waals surface area contributed by atoms with Crippen LogP contribution in [0, 0.1) is 34.6 Å². The minimum Gasteiger partial charge on any atom is -0.494 e. The topological polar surface area (TPSA) is 123 Å². The van der Waals surface area contributed by atoms with Gasteiger partial charge in [0.1, 0.15) is 23.7 Å². The maximum absolute atomic E-state index is 15.2. The van der Waals surface area contributed by atoms with Crippen molar-refractivity contribution in [2.24, 2.45) is 0 Å². The fourth-order valence-electron chi connectivity index (χ4n) is 8.55. The van der Waals surface area contributed by atoms with Crippen LogP contribution in [0.5, 0.6) is 5.75 Å². The fraction of sp³-hybridized carbons (Fsp3) is 0.277. The molecule has 12 heteroatoms. The molecule has 0 unspecified atom stereocenters. The van der Waals surface area contributed by atoms with Gasteiger partial charge in [-0.25, -0.2) is 14.8 Å². The maximum atomic E-state index is 15.2. The lowest BCUT2D eigenvalue weighted by Crippen LogP contribution is -2.43. The molecule has 4 heterocycles. The predicted octanol–water partition coefficient (Wildman–Crippen LogP) is 11.1. The maximum Gasteiger partial charge on any atom is 0.352 e. The molecule has 4 aromatic carbocycles. The number of aryl methyl sites for hydroxylation is 6. The number of halogens is 2. The van der Waals surface area contributed by atoms with Crippen LogP contribution >= 0.6 is 23.2 Å². The first kappa shape index (κ1) is 40.1. The number of anilines is 1. The lowest BCUT2D eigenvalue weighted by molar-refractivity contribution is 0.0691. The molecule has 1 aliphatic rings. The number of hydrogen-bond acceptors (Lipinski definition) is 6. The van der Waals surface area contributed by atoms with Crippen LogP contribution in [0.25, 0.3) is 32.9 Å². The van der Waals surface area contributed by atoms with Crippen LogP contribution in [-0.2, 0) is 24.4 Å². The summed E-state index contributed by atoms with van der Waals surface area (Å²) in [6.07, 6.45) is 1.16. The average molecular weight is 831 g/mol. The number of hydrogen-bond donors (Lipinski definition) is 2. The number of ether oxygens (including phenoxy) is 2. The van der Waals surface area contributed by atoms with Gasteiger partial charge in [-0.1, -0.05) is 59.6 Å². The first-order valence-electron chi connectivity index (χ1n) is 19.7. The third-order valence-corrected chi connectivity index (χ3v) is 12.0. The van der Waals surface area contributed by atoms with Crippen molar-refractivity contribution in [3.63, 3.8) is 0 Å². The lowest BCUT2D eigenvalue weighted by Gasteiger charge is -2.35. The number of carbonyl (C=O) groups excluding carboxylic acids is 1. The average Bonchev–Trinajstić information content (AvgIpc) is 3.78. The summed E-state index contributed by atoms with van der Waals surface area (Å²) in [6, 6.07) is 23.0. The van der Waals surface area contributed by atoms with Gasteiger partial charge < -0.3 is 29.0 Å². The number of aromatic carboxylic acids is 1. The van der Waals surface area contributed by atoms with E-state index in [1.54, 1.807) is 11.0 Å². The molecule has 8 rings (SSSR count). The van der Waals surface area contributed by atoms with Crippen LogP contribution in [0.15, 0.2) is 72.8 Å². The molecule has 0 fully saturated rings. The molecule has 10 nitrogen and oxygen atoms in total. The van der Waals surface area contributed by atoms with E-state index in [9.17, 15) is 9.90 Å². The summed E-state index contributed by atoms with van der Waals surface area (Å²) in [6.45, 7) is 13.3. The number of fused-ring (bicyclic) bond motifs is 4. The molecule has 1 aliphatic heterocycles. The molecular formula is C47H45Cl2N5O5. The summed E-state index contributed by atoms with van der Waals surface area (Å²) in [5.41, 5.74) is 10.5. The number of carbonyl (C=O) groups is 2. The molecule has 0 spiro atoms. The summed E-state index contributed by atoms with van der Waals surface area (Å²) in [7, 11) is 0. The Labute approximate surface area is 352 Å². The van der Waals surface area contributed by atoms with Gasteiger partial charge in [0.05, 0.1) is 35.0 Å². The number of aromatic nitrogens is 4. The zero-order valence-corrected chi connectivity index (χ0v) is 35.4. The number of rotatable bonds is 12. The van der Waals surface area contributed by atoms with E-state index >= 15 is 4.79 Å². The molecule has 0 radical (unpaired) electrons. The molecule has 0 bridgehead atoms. The number of carboxylic acids is 1. The third-order valence-electron chi connectivity index (χ3n) is 11.1. The highest BCUT2D eigenvalue weighted by Gasteiger charge is 2.37. The van der Waals surface area contributed by atoms with Crippen molar-refractivity contribution < 1.29 is 24.2 Å². The van der Waals surface area contributed by atoms with E-state index in [1.807, 2.05) is 101 Å². The largest absolute Gasteiger partial charge is 0.494 e. The zero-order valence-electron chi connectivity index (χ0n) is 33.9. The number of H-pyrrole nitrogens is 1. The number of amides is 1. The summed E-state index contributed by atoms with van der Waals surface area (Å²) in [5, 5.41) is 12.7. The predicted molar refractivity (Wildman–Crippen MR) is 234 cm³/mol. The van der Waals surface area contributed by atoms with Gasteiger partial charge in [0.2, 0.25) is 0 Å². The molecule has 1 atom stereocenters. The molecule has 3 aromatic heterocycles. The van der Waals surface area contributed by atoms with Gasteiger partial charge in [-0.2, -0.15) is 0 Å². The first-order chi connectivity index (χ1) is 28.3. The molecule has 302 valence electrons. The highest BCUT2D eigenvalue weighted by atomic mass is 35.5. The molecule has 0 saturated carbocycles. The normalized spacial score (nSPS) is 14.1. The number of nitrogens with zero attached hydrogens (tertiary/aromatic N) is 4. The van der Waals surface area contributed by atoms with Crippen LogP contribution in [0.2, 0.25) is 10.0 Å². The monoisotopic (exact) mass is 829 g/mol. The van der Waals surface area contributed by atoms with Crippen LogP contribution < -0.4 is 9.64 Å². The Kier molecular flexibility index (Phi) is 11.0. The highest BCUT2D eigenvalue weighted by Crippen LogP contribution is 2.45. The van der Waals surface area contributed by atoms with Gasteiger partial charge >= 0.3 is 5.97 Å². The van der Waals surface area contributed by atoms with Gasteiger partial charge in [-0.15, -0.1) is 0 Å². The Balaban J connectivity index is 1.22. The Morgan fingerprint density at radius 3 is 2.32 bits per heavy atom. The van der Waals surface area contributed by atoms with Gasteiger partial charge in [0.25, 0.3) is 5.91 Å². The molecule has 1 amide bonds. The van der Waals surface area contributed by atoms with Crippen molar-refractivity contribution in [3.8, 4) is 16.9 Å². The van der Waals surface area contributed by atoms with Gasteiger partial charge in [0, 0.05) is 50.9 Å². The molecule has 2 N–H and O–H groups in total. The van der Waals surface area contributed by atoms with Crippen molar-refractivity contribution in [2.45, 2.75) is 73.6 Å². The van der Waals surface area contributed by atoms with Crippen LogP contribution in [-0.4, -0.2) is 49.7 Å². The Bertz CT molecular complexity index is 2750.